The average molecular weight is 623 g/mol. The molecule has 0 aliphatic carbocycles. The molecule has 0 bridgehead atoms. The predicted molar refractivity (Wildman–Crippen MR) is 162 cm³/mol. The van der Waals surface area contributed by atoms with Crippen LogP contribution in [-0.2, 0) is 9.59 Å². The van der Waals surface area contributed by atoms with Gasteiger partial charge in [0.05, 0.1) is 18.0 Å². The van der Waals surface area contributed by atoms with E-state index in [1.54, 1.807) is 41.4 Å². The van der Waals surface area contributed by atoms with Gasteiger partial charge in [0.1, 0.15) is 34.8 Å². The Labute approximate surface area is 257 Å². The summed E-state index contributed by atoms with van der Waals surface area (Å²) < 4.78 is 6.32. The van der Waals surface area contributed by atoms with Crippen LogP contribution in [0.3, 0.4) is 0 Å². The quantitative estimate of drug-likeness (QED) is 0.299. The summed E-state index contributed by atoms with van der Waals surface area (Å²) in [5, 5.41) is 5.83. The van der Waals surface area contributed by atoms with Gasteiger partial charge in [-0.3, -0.25) is 24.3 Å². The first kappa shape index (κ1) is 30.2. The van der Waals surface area contributed by atoms with Gasteiger partial charge in [0, 0.05) is 35.3 Å². The van der Waals surface area contributed by atoms with Gasteiger partial charge in [-0.05, 0) is 50.6 Å². The summed E-state index contributed by atoms with van der Waals surface area (Å²) in [5.41, 5.74) is 6.04. The van der Waals surface area contributed by atoms with Crippen molar-refractivity contribution in [3.63, 3.8) is 0 Å². The Balaban J connectivity index is 1.69. The molecule has 13 heteroatoms. The van der Waals surface area contributed by atoms with Gasteiger partial charge in [0.25, 0.3) is 0 Å². The Morgan fingerprint density at radius 3 is 2.53 bits per heavy atom. The van der Waals surface area contributed by atoms with Crippen molar-refractivity contribution in [1.82, 2.24) is 20.1 Å². The van der Waals surface area contributed by atoms with Crippen molar-refractivity contribution in [2.24, 2.45) is 10.7 Å². The zero-order valence-corrected chi connectivity index (χ0v) is 25.4. The highest BCUT2D eigenvalue weighted by atomic mass is 35.5. The molecule has 0 radical (unpaired) electrons. The van der Waals surface area contributed by atoms with E-state index in [2.05, 4.69) is 10.3 Å². The van der Waals surface area contributed by atoms with Crippen molar-refractivity contribution in [3.8, 4) is 5.75 Å². The average Bonchev–Trinajstić information content (AvgIpc) is 3.60. The second kappa shape index (κ2) is 12.1. The van der Waals surface area contributed by atoms with Crippen LogP contribution in [0.5, 0.6) is 5.75 Å². The van der Waals surface area contributed by atoms with Gasteiger partial charge in [0.15, 0.2) is 5.78 Å². The number of ether oxygens (including phenoxy) is 1. The van der Waals surface area contributed by atoms with Crippen LogP contribution in [0.1, 0.15) is 65.8 Å². The third kappa shape index (κ3) is 6.70. The molecule has 4 amide bonds. The number of urea groups is 1. The number of amidine groups is 1. The minimum Gasteiger partial charge on any atom is -0.487 e. The van der Waals surface area contributed by atoms with Crippen LogP contribution in [0.4, 0.5) is 4.79 Å². The Bertz CT molecular complexity index is 1590. The summed E-state index contributed by atoms with van der Waals surface area (Å²) in [5.74, 6) is -0.870. The molecule has 3 N–H and O–H groups in total. The van der Waals surface area contributed by atoms with Crippen LogP contribution in [0.15, 0.2) is 59.0 Å². The number of carbonyl (C=O) groups is 4. The van der Waals surface area contributed by atoms with E-state index >= 15 is 0 Å². The molecular formula is C30H31ClN6O5S. The number of piperazine rings is 1. The van der Waals surface area contributed by atoms with Gasteiger partial charge in [-0.15, -0.1) is 11.3 Å². The van der Waals surface area contributed by atoms with E-state index in [9.17, 15) is 19.2 Å². The van der Waals surface area contributed by atoms with E-state index in [-0.39, 0.29) is 18.0 Å². The molecule has 0 saturated carbocycles. The number of aromatic nitrogens is 1. The van der Waals surface area contributed by atoms with Crippen molar-refractivity contribution in [1.29, 1.82) is 0 Å². The normalized spacial score (nSPS) is 18.7. The monoisotopic (exact) mass is 622 g/mol. The summed E-state index contributed by atoms with van der Waals surface area (Å²) in [6, 6.07) is 10.3. The number of nitrogens with two attached hydrogens (primary N) is 1. The Hall–Kier alpha value is -4.29. The number of Topliss-reactive ketones (excluding diaryl/α,β-unsaturated/α-hetero) is 1. The number of amides is 4. The van der Waals surface area contributed by atoms with Crippen LogP contribution >= 0.6 is 22.9 Å². The summed E-state index contributed by atoms with van der Waals surface area (Å²) in [6.07, 6.45) is 1.22. The van der Waals surface area contributed by atoms with Crippen molar-refractivity contribution in [3.05, 3.63) is 80.8 Å². The molecule has 2 aliphatic heterocycles. The molecule has 1 aromatic heterocycles. The second-order valence-corrected chi connectivity index (χ2v) is 12.5. The Kier molecular flexibility index (Phi) is 8.52. The molecule has 5 rings (SSSR count). The van der Waals surface area contributed by atoms with Crippen molar-refractivity contribution < 1.29 is 23.9 Å². The minimum atomic E-state index is -0.744. The third-order valence-corrected chi connectivity index (χ3v) is 7.89. The fourth-order valence-electron chi connectivity index (χ4n) is 5.02. The van der Waals surface area contributed by atoms with E-state index < -0.39 is 41.8 Å². The maximum atomic E-state index is 14.4. The van der Waals surface area contributed by atoms with Crippen molar-refractivity contribution >= 4 is 52.4 Å². The van der Waals surface area contributed by atoms with E-state index in [4.69, 9.17) is 27.1 Å². The van der Waals surface area contributed by atoms with E-state index in [0.717, 1.165) is 5.56 Å². The standard InChI is InChI=1S/C30H31ClN6O5S/c1-30(2,3)42-22-14-18(21(38)15-23(32)39)6-9-20(22)27-35-25(28-34-11-13-43-28)26(17-4-7-19(31)8-5-17)37(27)29(41)36-12-10-33-24(40)16-36/h4-9,11,13-14,25-26H,10,12,15-16H2,1-3H3,(H2,32,39)(H,33,40)/t25-,26-/m1/s1. The Morgan fingerprint density at radius 2 is 1.91 bits per heavy atom. The van der Waals surface area contributed by atoms with E-state index in [0.29, 0.717) is 40.3 Å². The summed E-state index contributed by atoms with van der Waals surface area (Å²) >= 11 is 7.64. The summed E-state index contributed by atoms with van der Waals surface area (Å²) in [6.45, 7) is 6.10. The van der Waals surface area contributed by atoms with Gasteiger partial charge in [-0.1, -0.05) is 29.8 Å². The number of aliphatic imine (C=N–C) groups is 1. The zero-order chi connectivity index (χ0) is 30.9. The molecule has 3 heterocycles. The number of primary amides is 1. The number of nitrogens with zero attached hydrogens (tertiary/aromatic N) is 4. The van der Waals surface area contributed by atoms with Gasteiger partial charge in [-0.25, -0.2) is 9.78 Å². The topological polar surface area (TPSA) is 147 Å². The lowest BCUT2D eigenvalue weighted by atomic mass is 9.99. The fourth-order valence-corrected chi connectivity index (χ4v) is 5.85. The molecule has 11 nitrogen and oxygen atoms in total. The first-order valence-corrected chi connectivity index (χ1v) is 14.9. The maximum absolute atomic E-state index is 14.4. The molecule has 2 aliphatic rings. The number of hydrogen-bond acceptors (Lipinski definition) is 8. The highest BCUT2D eigenvalue weighted by molar-refractivity contribution is 7.09. The number of carbonyl (C=O) groups excluding carboxylic acids is 4. The number of nitrogens with one attached hydrogen (secondary N) is 1. The minimum absolute atomic E-state index is 0.107. The highest BCUT2D eigenvalue weighted by Gasteiger charge is 2.46. The molecular weight excluding hydrogens is 592 g/mol. The third-order valence-electron chi connectivity index (χ3n) is 6.79. The fraction of sp³-hybridized carbons (Fsp3) is 0.333. The van der Waals surface area contributed by atoms with E-state index in [1.165, 1.54) is 16.2 Å². The van der Waals surface area contributed by atoms with Crippen LogP contribution in [0.2, 0.25) is 5.02 Å². The van der Waals surface area contributed by atoms with Crippen molar-refractivity contribution in [2.75, 3.05) is 19.6 Å². The molecule has 2 atom stereocenters. The van der Waals surface area contributed by atoms with Crippen LogP contribution in [0, 0.1) is 0 Å². The van der Waals surface area contributed by atoms with Crippen molar-refractivity contribution in [2.45, 2.75) is 44.9 Å². The Morgan fingerprint density at radius 1 is 1.16 bits per heavy atom. The lowest BCUT2D eigenvalue weighted by molar-refractivity contribution is -0.123. The first-order valence-electron chi connectivity index (χ1n) is 13.6. The number of benzene rings is 2. The lowest BCUT2D eigenvalue weighted by Crippen LogP contribution is -2.55. The van der Waals surface area contributed by atoms with Crippen LogP contribution in [-0.4, -0.2) is 69.5 Å². The molecule has 0 unspecified atom stereocenters. The van der Waals surface area contributed by atoms with Crippen LogP contribution < -0.4 is 15.8 Å². The van der Waals surface area contributed by atoms with Gasteiger partial charge in [0.2, 0.25) is 11.8 Å². The molecule has 1 saturated heterocycles. The molecule has 0 spiro atoms. The predicted octanol–water partition coefficient (Wildman–Crippen LogP) is 4.13. The van der Waals surface area contributed by atoms with Gasteiger partial charge in [-0.2, -0.15) is 0 Å². The first-order chi connectivity index (χ1) is 20.4. The number of halogens is 1. The van der Waals surface area contributed by atoms with Gasteiger partial charge >= 0.3 is 6.03 Å². The second-order valence-electron chi connectivity index (χ2n) is 11.2. The number of ketones is 1. The number of hydrogen-bond donors (Lipinski definition) is 2. The summed E-state index contributed by atoms with van der Waals surface area (Å²) in [4.78, 5) is 63.6. The molecule has 43 heavy (non-hydrogen) atoms. The lowest BCUT2D eigenvalue weighted by Gasteiger charge is -2.35. The maximum Gasteiger partial charge on any atom is 0.326 e. The number of thiazole rings is 1. The summed E-state index contributed by atoms with van der Waals surface area (Å²) in [7, 11) is 0. The molecule has 3 aromatic rings. The van der Waals surface area contributed by atoms with Crippen LogP contribution in [0.25, 0.3) is 0 Å². The molecule has 224 valence electrons. The SMILES string of the molecule is CC(C)(C)Oc1cc(C(=O)CC(N)=O)ccc1C1=N[C@@H](c2nccs2)[C@@H](c2ccc(Cl)cc2)N1C(=O)N1CCNC(=O)C1. The van der Waals surface area contributed by atoms with Gasteiger partial charge < -0.3 is 20.7 Å². The largest absolute Gasteiger partial charge is 0.487 e. The molecule has 1 fully saturated rings. The zero-order valence-electron chi connectivity index (χ0n) is 23.9. The smallest absolute Gasteiger partial charge is 0.326 e. The molecule has 2 aromatic carbocycles. The van der Waals surface area contributed by atoms with E-state index in [1.807, 2.05) is 38.3 Å². The number of rotatable bonds is 7. The highest BCUT2D eigenvalue weighted by Crippen LogP contribution is 2.46.